The lowest BCUT2D eigenvalue weighted by molar-refractivity contribution is 0.320. The van der Waals surface area contributed by atoms with Crippen LogP contribution in [0.25, 0.3) is 0 Å². The molecule has 0 aliphatic carbocycles. The summed E-state index contributed by atoms with van der Waals surface area (Å²) in [6.07, 6.45) is 7.56. The highest BCUT2D eigenvalue weighted by Crippen LogP contribution is 2.13. The third-order valence-corrected chi connectivity index (χ3v) is 3.26. The molecule has 2 heterocycles. The maximum atomic E-state index is 2.57. The summed E-state index contributed by atoms with van der Waals surface area (Å²) in [4.78, 5) is 2.57. The fraction of sp³-hybridized carbons (Fsp3) is 0.692. The first-order valence-electron chi connectivity index (χ1n) is 6.26. The predicted molar refractivity (Wildman–Crippen MR) is 63.9 cm³/mol. The van der Waals surface area contributed by atoms with E-state index in [9.17, 15) is 0 Å². The van der Waals surface area contributed by atoms with Gasteiger partial charge in [-0.25, -0.2) is 0 Å². The van der Waals surface area contributed by atoms with E-state index >= 15 is 0 Å². The molecule has 0 unspecified atom stereocenters. The molecule has 0 atom stereocenters. The van der Waals surface area contributed by atoms with Gasteiger partial charge in [0.05, 0.1) is 0 Å². The van der Waals surface area contributed by atoms with Crippen molar-refractivity contribution in [3.63, 3.8) is 0 Å². The fourth-order valence-electron chi connectivity index (χ4n) is 2.31. The van der Waals surface area contributed by atoms with Gasteiger partial charge in [-0.2, -0.15) is 0 Å². The van der Waals surface area contributed by atoms with Gasteiger partial charge in [-0.15, -0.1) is 0 Å². The monoisotopic (exact) mass is 206 g/mol. The Morgan fingerprint density at radius 2 is 2.07 bits per heavy atom. The Balaban J connectivity index is 1.91. The number of hydrogen-bond donors (Lipinski definition) is 0. The topological polar surface area (TPSA) is 8.17 Å². The number of nitrogens with zero attached hydrogens (tertiary/aromatic N) is 2. The molecule has 84 valence electrons. The van der Waals surface area contributed by atoms with E-state index in [2.05, 4.69) is 34.7 Å². The molecule has 1 aliphatic rings. The summed E-state index contributed by atoms with van der Waals surface area (Å²) >= 11 is 0. The van der Waals surface area contributed by atoms with Crippen molar-refractivity contribution in [2.45, 2.75) is 45.7 Å². The van der Waals surface area contributed by atoms with E-state index in [0.29, 0.717) is 0 Å². The molecule has 0 spiro atoms. The average molecular weight is 206 g/mol. The third kappa shape index (κ3) is 2.85. The zero-order valence-electron chi connectivity index (χ0n) is 9.78. The second-order valence-corrected chi connectivity index (χ2v) is 4.53. The smallest absolute Gasteiger partial charge is 0.0387 e. The van der Waals surface area contributed by atoms with Crippen LogP contribution < -0.4 is 0 Å². The molecule has 0 N–H and O–H groups in total. The van der Waals surface area contributed by atoms with Crippen LogP contribution in [0.4, 0.5) is 0 Å². The zero-order chi connectivity index (χ0) is 10.5. The van der Waals surface area contributed by atoms with Crippen molar-refractivity contribution >= 4 is 0 Å². The molecule has 0 bridgehead atoms. The van der Waals surface area contributed by atoms with Crippen LogP contribution in [0.2, 0.25) is 0 Å². The van der Waals surface area contributed by atoms with Crippen LogP contribution in [-0.2, 0) is 13.1 Å². The van der Waals surface area contributed by atoms with Crippen LogP contribution in [-0.4, -0.2) is 22.6 Å². The maximum Gasteiger partial charge on any atom is 0.0387 e. The number of hydrogen-bond acceptors (Lipinski definition) is 1. The third-order valence-electron chi connectivity index (χ3n) is 3.26. The molecule has 2 heteroatoms. The van der Waals surface area contributed by atoms with Gasteiger partial charge >= 0.3 is 0 Å². The molecular weight excluding hydrogens is 184 g/mol. The molecule has 0 saturated carbocycles. The van der Waals surface area contributed by atoms with Gasteiger partial charge in [-0.3, -0.25) is 4.90 Å². The van der Waals surface area contributed by atoms with Crippen LogP contribution in [0.1, 0.15) is 38.3 Å². The summed E-state index contributed by atoms with van der Waals surface area (Å²) < 4.78 is 2.42. The Hall–Kier alpha value is -0.760. The molecule has 1 fully saturated rings. The van der Waals surface area contributed by atoms with Crippen LogP contribution in [0.15, 0.2) is 18.3 Å². The minimum atomic E-state index is 1.15. The van der Waals surface area contributed by atoms with Crippen LogP contribution in [0.3, 0.4) is 0 Å². The maximum absolute atomic E-state index is 2.57. The van der Waals surface area contributed by atoms with Crippen molar-refractivity contribution in [2.75, 3.05) is 13.1 Å². The van der Waals surface area contributed by atoms with Crippen molar-refractivity contribution in [3.8, 4) is 0 Å². The predicted octanol–water partition coefficient (Wildman–Crippen LogP) is 2.88. The van der Waals surface area contributed by atoms with Crippen LogP contribution >= 0.6 is 0 Å². The van der Waals surface area contributed by atoms with E-state index in [0.717, 1.165) is 6.54 Å². The van der Waals surface area contributed by atoms with Gasteiger partial charge in [0.25, 0.3) is 0 Å². The average Bonchev–Trinajstić information content (AvgIpc) is 2.87. The van der Waals surface area contributed by atoms with Crippen molar-refractivity contribution < 1.29 is 0 Å². The molecule has 1 aliphatic heterocycles. The zero-order valence-corrected chi connectivity index (χ0v) is 9.78. The number of unbranched alkanes of at least 4 members (excludes halogenated alkanes) is 1. The van der Waals surface area contributed by atoms with Gasteiger partial charge < -0.3 is 4.57 Å². The van der Waals surface area contributed by atoms with Crippen molar-refractivity contribution in [1.82, 2.24) is 9.47 Å². The highest BCUT2D eigenvalue weighted by atomic mass is 15.2. The van der Waals surface area contributed by atoms with Gasteiger partial charge in [-0.1, -0.05) is 13.3 Å². The largest absolute Gasteiger partial charge is 0.350 e. The van der Waals surface area contributed by atoms with E-state index in [1.54, 1.807) is 0 Å². The molecule has 1 saturated heterocycles. The lowest BCUT2D eigenvalue weighted by atomic mass is 10.3. The van der Waals surface area contributed by atoms with Gasteiger partial charge in [0, 0.05) is 25.0 Å². The summed E-state index contributed by atoms with van der Waals surface area (Å²) in [6, 6.07) is 4.45. The van der Waals surface area contributed by atoms with Crippen molar-refractivity contribution in [2.24, 2.45) is 0 Å². The molecule has 2 rings (SSSR count). The first-order chi connectivity index (χ1) is 7.40. The molecule has 0 aromatic carbocycles. The minimum absolute atomic E-state index is 1.15. The second-order valence-electron chi connectivity index (χ2n) is 4.53. The van der Waals surface area contributed by atoms with E-state index in [1.807, 2.05) is 0 Å². The lowest BCUT2D eigenvalue weighted by Gasteiger charge is -2.16. The summed E-state index contributed by atoms with van der Waals surface area (Å²) in [6.45, 7) is 7.17. The lowest BCUT2D eigenvalue weighted by Crippen LogP contribution is -2.20. The Morgan fingerprint density at radius 1 is 1.27 bits per heavy atom. The first-order valence-corrected chi connectivity index (χ1v) is 6.26. The van der Waals surface area contributed by atoms with E-state index in [1.165, 1.54) is 51.0 Å². The van der Waals surface area contributed by atoms with Crippen molar-refractivity contribution in [3.05, 3.63) is 24.0 Å². The standard InChI is InChI=1S/C13H22N2/c1-2-3-10-15-11-6-7-13(15)12-14-8-4-5-9-14/h6-7,11H,2-5,8-10,12H2,1H3. The van der Waals surface area contributed by atoms with Gasteiger partial charge in [-0.05, 0) is 44.5 Å². The summed E-state index contributed by atoms with van der Waals surface area (Å²) in [7, 11) is 0. The molecule has 15 heavy (non-hydrogen) atoms. The number of aromatic nitrogens is 1. The summed E-state index contributed by atoms with van der Waals surface area (Å²) in [5, 5.41) is 0. The van der Waals surface area contributed by atoms with E-state index < -0.39 is 0 Å². The highest BCUT2D eigenvalue weighted by molar-refractivity contribution is 5.07. The quantitative estimate of drug-likeness (QED) is 0.719. The summed E-state index contributed by atoms with van der Waals surface area (Å²) in [5.74, 6) is 0. The van der Waals surface area contributed by atoms with E-state index in [4.69, 9.17) is 0 Å². The molecule has 1 aromatic rings. The van der Waals surface area contributed by atoms with Crippen LogP contribution in [0, 0.1) is 0 Å². The SMILES string of the molecule is CCCCn1cccc1CN1CCCC1. The Kier molecular flexibility index (Phi) is 3.84. The Morgan fingerprint density at radius 3 is 2.80 bits per heavy atom. The Labute approximate surface area is 92.9 Å². The van der Waals surface area contributed by atoms with Gasteiger partial charge in [0.15, 0.2) is 0 Å². The summed E-state index contributed by atoms with van der Waals surface area (Å²) in [5.41, 5.74) is 1.49. The van der Waals surface area contributed by atoms with Crippen LogP contribution in [0.5, 0.6) is 0 Å². The highest BCUT2D eigenvalue weighted by Gasteiger charge is 2.13. The van der Waals surface area contributed by atoms with E-state index in [-0.39, 0.29) is 0 Å². The Bertz CT molecular complexity index is 284. The molecular formula is C13H22N2. The normalized spacial score (nSPS) is 17.4. The molecule has 0 amide bonds. The van der Waals surface area contributed by atoms with Crippen molar-refractivity contribution in [1.29, 1.82) is 0 Å². The molecule has 0 radical (unpaired) electrons. The first kappa shape index (κ1) is 10.7. The molecule has 1 aromatic heterocycles. The second kappa shape index (κ2) is 5.36. The minimum Gasteiger partial charge on any atom is -0.350 e. The van der Waals surface area contributed by atoms with Gasteiger partial charge in [0.2, 0.25) is 0 Å². The number of aryl methyl sites for hydroxylation is 1. The molecule has 2 nitrogen and oxygen atoms in total. The van der Waals surface area contributed by atoms with Gasteiger partial charge in [0.1, 0.15) is 0 Å². The fourth-order valence-corrected chi connectivity index (χ4v) is 2.31. The number of likely N-dealkylation sites (tertiary alicyclic amines) is 1. The number of rotatable bonds is 5.